The van der Waals surface area contributed by atoms with Gasteiger partial charge in [-0.1, -0.05) is 0 Å². The summed E-state index contributed by atoms with van der Waals surface area (Å²) in [5.41, 5.74) is -0.286. The molecule has 1 saturated heterocycles. The van der Waals surface area contributed by atoms with Crippen molar-refractivity contribution in [1.82, 2.24) is 29.0 Å². The van der Waals surface area contributed by atoms with E-state index in [1.54, 1.807) is 0 Å². The second-order valence-corrected chi connectivity index (χ2v) is 8.51. The molecule has 9 nitrogen and oxygen atoms in total. The van der Waals surface area contributed by atoms with Gasteiger partial charge in [0.1, 0.15) is 17.2 Å². The van der Waals surface area contributed by atoms with Gasteiger partial charge in [0, 0.05) is 17.5 Å². The van der Waals surface area contributed by atoms with Crippen LogP contribution in [0.5, 0.6) is 5.88 Å². The van der Waals surface area contributed by atoms with Crippen molar-refractivity contribution in [3.8, 4) is 17.0 Å². The summed E-state index contributed by atoms with van der Waals surface area (Å²) in [6.07, 6.45) is -2.29. The molecule has 0 spiro atoms. The number of alkyl halides is 3. The minimum Gasteiger partial charge on any atom is -0.479 e. The number of aromatic nitrogens is 5. The van der Waals surface area contributed by atoms with E-state index in [2.05, 4.69) is 20.4 Å². The van der Waals surface area contributed by atoms with E-state index in [-0.39, 0.29) is 52.5 Å². The van der Waals surface area contributed by atoms with E-state index in [0.29, 0.717) is 0 Å². The van der Waals surface area contributed by atoms with Crippen molar-refractivity contribution >= 4 is 28.4 Å². The average molecular weight is 526 g/mol. The number of rotatable bonds is 6. The van der Waals surface area contributed by atoms with Gasteiger partial charge in [0.2, 0.25) is 17.7 Å². The minimum atomic E-state index is -2.88. The quantitative estimate of drug-likeness (QED) is 0.386. The van der Waals surface area contributed by atoms with Crippen LogP contribution >= 0.6 is 0 Å². The highest BCUT2D eigenvalue weighted by atomic mass is 19.3. The lowest BCUT2D eigenvalue weighted by atomic mass is 10.0. The number of carbonyl (C=O) groups is 1. The van der Waals surface area contributed by atoms with Gasteiger partial charge in [-0.05, 0) is 24.1 Å². The number of fused-ring (bicyclic) bond motifs is 2. The topological polar surface area (TPSA) is 89.6 Å². The van der Waals surface area contributed by atoms with Crippen LogP contribution in [0.4, 0.5) is 27.9 Å². The molecular weight excluding hydrogens is 501 g/mol. The lowest BCUT2D eigenvalue weighted by Gasteiger charge is -2.34. The summed E-state index contributed by atoms with van der Waals surface area (Å²) in [5, 5.41) is 6.95. The fourth-order valence-corrected chi connectivity index (χ4v) is 4.48. The van der Waals surface area contributed by atoms with Gasteiger partial charge in [0.25, 0.3) is 6.43 Å². The molecule has 4 heterocycles. The Hall–Kier alpha value is -3.97. The third-order valence-corrected chi connectivity index (χ3v) is 6.19. The van der Waals surface area contributed by atoms with E-state index in [0.717, 1.165) is 32.6 Å². The number of carbonyl (C=O) groups excluding carboxylic acids is 1. The average Bonchev–Trinajstić information content (AvgIpc) is 3.43. The molecule has 0 unspecified atom stereocenters. The number of amides is 1. The molecular formula is C23H22F5N7O2. The second-order valence-electron chi connectivity index (χ2n) is 8.51. The largest absolute Gasteiger partial charge is 0.479 e. The summed E-state index contributed by atoms with van der Waals surface area (Å²) in [7, 11) is 1.25. The van der Waals surface area contributed by atoms with Gasteiger partial charge in [-0.2, -0.15) is 4.98 Å². The van der Waals surface area contributed by atoms with Crippen LogP contribution in [-0.4, -0.2) is 73.8 Å². The first kappa shape index (κ1) is 21.1. The molecule has 3 aromatic heterocycles. The maximum Gasteiger partial charge on any atom is 0.256 e. The molecule has 1 aliphatic rings. The normalized spacial score (nSPS) is 19.8. The first-order valence-electron chi connectivity index (χ1n) is 12.6. The summed E-state index contributed by atoms with van der Waals surface area (Å²) in [6.45, 7) is -4.09. The van der Waals surface area contributed by atoms with Crippen LogP contribution in [0.1, 0.15) is 17.4 Å². The molecule has 0 radical (unpaired) electrons. The highest BCUT2D eigenvalue weighted by Crippen LogP contribution is 2.36. The number of piperidine rings is 1. The van der Waals surface area contributed by atoms with E-state index in [4.69, 9.17) is 8.85 Å². The number of nitrogens with one attached hydrogen (secondary N) is 1. The van der Waals surface area contributed by atoms with Gasteiger partial charge in [-0.3, -0.25) is 4.79 Å². The van der Waals surface area contributed by atoms with Gasteiger partial charge in [0.15, 0.2) is 11.6 Å². The molecule has 1 N–H and O–H groups in total. The highest BCUT2D eigenvalue weighted by molar-refractivity contribution is 5.90. The van der Waals surface area contributed by atoms with E-state index in [9.17, 15) is 22.4 Å². The number of methoxy groups -OCH3 is 1. The second kappa shape index (κ2) is 9.48. The van der Waals surface area contributed by atoms with Crippen molar-refractivity contribution in [3.63, 3.8) is 0 Å². The van der Waals surface area contributed by atoms with E-state index < -0.39 is 56.1 Å². The first-order valence-corrected chi connectivity index (χ1v) is 11.1. The Balaban J connectivity index is 1.48. The summed E-state index contributed by atoms with van der Waals surface area (Å²) in [5.74, 6) is -3.14. The zero-order valence-electron chi connectivity index (χ0n) is 22.3. The summed E-state index contributed by atoms with van der Waals surface area (Å²) < 4.78 is 100. The highest BCUT2D eigenvalue weighted by Gasteiger charge is 2.31. The van der Waals surface area contributed by atoms with Crippen LogP contribution in [0, 0.1) is 11.6 Å². The number of halogens is 5. The predicted octanol–water partition coefficient (Wildman–Crippen LogP) is 3.67. The van der Waals surface area contributed by atoms with E-state index in [1.165, 1.54) is 13.2 Å². The van der Waals surface area contributed by atoms with E-state index in [1.807, 2.05) is 0 Å². The van der Waals surface area contributed by atoms with Crippen molar-refractivity contribution in [3.05, 3.63) is 36.3 Å². The van der Waals surface area contributed by atoms with Crippen molar-refractivity contribution in [2.24, 2.45) is 0 Å². The Morgan fingerprint density at radius 1 is 1.32 bits per heavy atom. The number of likely N-dealkylation sites (tertiary alicyclic amines) is 1. The van der Waals surface area contributed by atoms with Crippen molar-refractivity contribution < 1.29 is 35.6 Å². The summed E-state index contributed by atoms with van der Waals surface area (Å²) >= 11 is 0. The Bertz CT molecular complexity index is 1590. The van der Waals surface area contributed by atoms with Crippen LogP contribution in [0.2, 0.25) is 0 Å². The van der Waals surface area contributed by atoms with Crippen LogP contribution in [-0.2, 0) is 11.3 Å². The predicted molar refractivity (Wildman–Crippen MR) is 123 cm³/mol. The number of imidazole rings is 1. The Morgan fingerprint density at radius 2 is 2.14 bits per heavy atom. The first-order chi connectivity index (χ1) is 18.9. The number of ether oxygens (including phenoxy) is 1. The van der Waals surface area contributed by atoms with Gasteiger partial charge in [0.05, 0.1) is 49.8 Å². The zero-order valence-corrected chi connectivity index (χ0v) is 19.3. The fraction of sp³-hybridized carbons (Fsp3) is 0.391. The summed E-state index contributed by atoms with van der Waals surface area (Å²) in [6, 6.07) is 1.43. The monoisotopic (exact) mass is 526 g/mol. The number of hydrogen-bond acceptors (Lipinski definition) is 6. The Morgan fingerprint density at radius 3 is 2.84 bits per heavy atom. The molecule has 1 amide bonds. The smallest absolute Gasteiger partial charge is 0.256 e. The van der Waals surface area contributed by atoms with E-state index >= 15 is 4.39 Å². The molecule has 196 valence electrons. The molecule has 1 aromatic carbocycles. The lowest BCUT2D eigenvalue weighted by molar-refractivity contribution is -0.131. The molecule has 14 heteroatoms. The zero-order chi connectivity index (χ0) is 28.9. The Labute approximate surface area is 211 Å². The third kappa shape index (κ3) is 4.51. The number of nitrogens with zero attached hydrogens (tertiary/aromatic N) is 6. The maximum atomic E-state index is 15.3. The minimum absolute atomic E-state index is 0.000818. The van der Waals surface area contributed by atoms with Gasteiger partial charge < -0.3 is 19.5 Å². The number of benzene rings is 1. The molecule has 1 fully saturated rings. The van der Waals surface area contributed by atoms with Gasteiger partial charge >= 0.3 is 0 Å². The maximum absolute atomic E-state index is 15.3. The van der Waals surface area contributed by atoms with Crippen LogP contribution < -0.4 is 10.1 Å². The molecule has 37 heavy (non-hydrogen) atoms. The molecule has 2 atom stereocenters. The van der Waals surface area contributed by atoms with Crippen molar-refractivity contribution in [2.45, 2.75) is 38.5 Å². The standard InChI is InChI=1S/C23H22F5N7O2/c1-11(36)33-4-3-16(14(25)7-33)30-23-31-22(37-2)21-19(15(26)8-35(21)32-23)12-5-13(24)20-17(6-12)34(10-29-20)9-18(27)28/h5-6,8,10,14,16,18H,3-4,7,9H2,1-2H3,(H,30,32)/t14-,16+/m1/s1/i1D3. The van der Waals surface area contributed by atoms with Crippen molar-refractivity contribution in [1.29, 1.82) is 0 Å². The molecule has 0 aliphatic carbocycles. The molecule has 4 aromatic rings. The van der Waals surface area contributed by atoms with Gasteiger partial charge in [-0.25, -0.2) is 31.5 Å². The fourth-order valence-electron chi connectivity index (χ4n) is 4.48. The molecule has 5 rings (SSSR count). The summed E-state index contributed by atoms with van der Waals surface area (Å²) in [4.78, 5) is 20.9. The van der Waals surface area contributed by atoms with Crippen LogP contribution in [0.3, 0.4) is 0 Å². The Kier molecular flexibility index (Phi) is 5.42. The van der Waals surface area contributed by atoms with Gasteiger partial charge in [-0.15, -0.1) is 5.10 Å². The molecule has 0 bridgehead atoms. The molecule has 1 aliphatic heterocycles. The van der Waals surface area contributed by atoms with Crippen LogP contribution in [0.15, 0.2) is 24.7 Å². The SMILES string of the molecule is [2H]C([2H])([2H])C(=O)N1CC[C@H](Nc2nc(OC)c3c(-c4cc(F)c5ncn(CC(F)F)c5c4)c(F)cn3n2)[C@H](F)C1. The number of anilines is 1. The van der Waals surface area contributed by atoms with Crippen molar-refractivity contribution in [2.75, 3.05) is 25.5 Å². The van der Waals surface area contributed by atoms with Crippen LogP contribution in [0.25, 0.3) is 27.7 Å². The number of hydrogen-bond donors (Lipinski definition) is 1. The molecule has 0 saturated carbocycles. The lowest BCUT2D eigenvalue weighted by Crippen LogP contribution is -2.49. The third-order valence-electron chi connectivity index (χ3n) is 6.19.